The van der Waals surface area contributed by atoms with Crippen LogP contribution >= 0.6 is 0 Å². The average Bonchev–Trinajstić information content (AvgIpc) is 2.19. The number of hydrogen-bond donors (Lipinski definition) is 0. The molecule has 0 saturated carbocycles. The summed E-state index contributed by atoms with van der Waals surface area (Å²) >= 11 is 0. The quantitative estimate of drug-likeness (QED) is 0.707. The fraction of sp³-hybridized carbons (Fsp3) is 0.417. The van der Waals surface area contributed by atoms with Crippen LogP contribution in [-0.4, -0.2) is 19.0 Å². The van der Waals surface area contributed by atoms with Crippen LogP contribution in [0.4, 0.5) is 0 Å². The summed E-state index contributed by atoms with van der Waals surface area (Å²) in [6.45, 7) is 3.84. The number of carbonyl (C=O) groups is 1. The first-order chi connectivity index (χ1) is 7.13. The van der Waals surface area contributed by atoms with E-state index in [4.69, 9.17) is 9.47 Å². The zero-order valence-electron chi connectivity index (χ0n) is 9.16. The maximum atomic E-state index is 11.9. The molecule has 80 valence electrons. The maximum absolute atomic E-state index is 11.9. The van der Waals surface area contributed by atoms with E-state index in [1.165, 1.54) is 0 Å². The van der Waals surface area contributed by atoms with E-state index in [9.17, 15) is 4.79 Å². The van der Waals surface area contributed by atoms with E-state index in [0.29, 0.717) is 23.5 Å². The summed E-state index contributed by atoms with van der Waals surface area (Å²) in [5, 5.41) is 0. The van der Waals surface area contributed by atoms with Crippen molar-refractivity contribution < 1.29 is 14.3 Å². The highest BCUT2D eigenvalue weighted by Gasteiger charge is 2.28. The Kier molecular flexibility index (Phi) is 2.39. The van der Waals surface area contributed by atoms with Crippen LogP contribution in [0.15, 0.2) is 12.1 Å². The molecule has 0 aromatic heterocycles. The van der Waals surface area contributed by atoms with E-state index in [-0.39, 0.29) is 11.9 Å². The molecule has 0 radical (unpaired) electrons. The highest BCUT2D eigenvalue weighted by molar-refractivity contribution is 6.02. The third-order valence-electron chi connectivity index (χ3n) is 2.61. The van der Waals surface area contributed by atoms with Gasteiger partial charge >= 0.3 is 0 Å². The molecule has 0 N–H and O–H groups in total. The topological polar surface area (TPSA) is 35.5 Å². The number of rotatable bonds is 1. The standard InChI is InChI=1S/C12H14O3/c1-7-4-5-10(14-3)11-9(13)6-8(2)15-12(7)11/h4-5,8H,6H2,1-3H3/t8-/m0/s1. The van der Waals surface area contributed by atoms with Gasteiger partial charge in [0.2, 0.25) is 0 Å². The first-order valence-electron chi connectivity index (χ1n) is 5.01. The molecule has 1 aromatic rings. The van der Waals surface area contributed by atoms with Crippen molar-refractivity contribution >= 4 is 5.78 Å². The minimum Gasteiger partial charge on any atom is -0.496 e. The van der Waals surface area contributed by atoms with Crippen molar-refractivity contribution in [2.75, 3.05) is 7.11 Å². The number of Topliss-reactive ketones (excluding diaryl/α,β-unsaturated/α-hetero) is 1. The molecule has 1 aromatic carbocycles. The number of carbonyl (C=O) groups excluding carboxylic acids is 1. The Morgan fingerprint density at radius 1 is 1.47 bits per heavy atom. The van der Waals surface area contributed by atoms with Crippen LogP contribution in [0.1, 0.15) is 29.3 Å². The number of benzene rings is 1. The molecular weight excluding hydrogens is 192 g/mol. The van der Waals surface area contributed by atoms with Crippen LogP contribution in [0.3, 0.4) is 0 Å². The fourth-order valence-electron chi connectivity index (χ4n) is 1.86. The smallest absolute Gasteiger partial charge is 0.174 e. The van der Waals surface area contributed by atoms with Crippen LogP contribution in [-0.2, 0) is 0 Å². The van der Waals surface area contributed by atoms with Gasteiger partial charge in [0.1, 0.15) is 23.2 Å². The predicted octanol–water partition coefficient (Wildman–Crippen LogP) is 2.36. The summed E-state index contributed by atoms with van der Waals surface area (Å²) in [6, 6.07) is 3.72. The van der Waals surface area contributed by atoms with Crippen molar-refractivity contribution in [3.05, 3.63) is 23.3 Å². The lowest BCUT2D eigenvalue weighted by Gasteiger charge is -2.25. The van der Waals surface area contributed by atoms with Crippen LogP contribution in [0.5, 0.6) is 11.5 Å². The fourth-order valence-corrected chi connectivity index (χ4v) is 1.86. The minimum atomic E-state index is -0.0455. The Morgan fingerprint density at radius 3 is 2.87 bits per heavy atom. The van der Waals surface area contributed by atoms with Gasteiger partial charge in [-0.25, -0.2) is 0 Å². The molecule has 3 heteroatoms. The SMILES string of the molecule is COc1ccc(C)c2c1C(=O)C[C@H](C)O2. The van der Waals surface area contributed by atoms with E-state index in [2.05, 4.69) is 0 Å². The molecule has 1 heterocycles. The van der Waals surface area contributed by atoms with Gasteiger partial charge in [-0.15, -0.1) is 0 Å². The highest BCUT2D eigenvalue weighted by atomic mass is 16.5. The average molecular weight is 206 g/mol. The van der Waals surface area contributed by atoms with Gasteiger partial charge in [-0.2, -0.15) is 0 Å². The Labute approximate surface area is 89.0 Å². The molecule has 1 atom stereocenters. The van der Waals surface area contributed by atoms with Crippen LogP contribution in [0, 0.1) is 6.92 Å². The lowest BCUT2D eigenvalue weighted by atomic mass is 9.98. The Morgan fingerprint density at radius 2 is 2.20 bits per heavy atom. The van der Waals surface area contributed by atoms with Crippen molar-refractivity contribution in [3.63, 3.8) is 0 Å². The molecule has 0 saturated heterocycles. The Bertz CT molecular complexity index is 410. The van der Waals surface area contributed by atoms with Crippen LogP contribution in [0.25, 0.3) is 0 Å². The first kappa shape index (κ1) is 10.0. The molecule has 1 aliphatic rings. The van der Waals surface area contributed by atoms with E-state index < -0.39 is 0 Å². The number of fused-ring (bicyclic) bond motifs is 1. The van der Waals surface area contributed by atoms with Crippen LogP contribution in [0.2, 0.25) is 0 Å². The Balaban J connectivity index is 2.61. The summed E-state index contributed by atoms with van der Waals surface area (Å²) in [7, 11) is 1.57. The molecule has 15 heavy (non-hydrogen) atoms. The van der Waals surface area contributed by atoms with E-state index in [1.807, 2.05) is 26.0 Å². The highest BCUT2D eigenvalue weighted by Crippen LogP contribution is 2.37. The molecule has 0 unspecified atom stereocenters. The third-order valence-corrected chi connectivity index (χ3v) is 2.61. The lowest BCUT2D eigenvalue weighted by Crippen LogP contribution is -2.25. The van der Waals surface area contributed by atoms with Gasteiger partial charge in [-0.05, 0) is 25.5 Å². The molecule has 0 spiro atoms. The summed E-state index contributed by atoms with van der Waals surface area (Å²) in [4.78, 5) is 11.9. The molecule has 2 rings (SSSR count). The second-order valence-electron chi connectivity index (χ2n) is 3.84. The molecular formula is C12H14O3. The monoisotopic (exact) mass is 206 g/mol. The van der Waals surface area contributed by atoms with Gasteiger partial charge in [0.25, 0.3) is 0 Å². The molecule has 3 nitrogen and oxygen atoms in total. The predicted molar refractivity (Wildman–Crippen MR) is 56.8 cm³/mol. The van der Waals surface area contributed by atoms with Gasteiger partial charge < -0.3 is 9.47 Å². The molecule has 0 amide bonds. The minimum absolute atomic E-state index is 0.0455. The van der Waals surface area contributed by atoms with E-state index in [0.717, 1.165) is 5.56 Å². The number of aryl methyl sites for hydroxylation is 1. The zero-order valence-corrected chi connectivity index (χ0v) is 9.16. The number of ketones is 1. The maximum Gasteiger partial charge on any atom is 0.174 e. The summed E-state index contributed by atoms with van der Waals surface area (Å²) in [6.07, 6.45) is 0.378. The number of ether oxygens (including phenoxy) is 2. The normalized spacial score (nSPS) is 19.4. The summed E-state index contributed by atoms with van der Waals surface area (Å²) in [5.74, 6) is 1.38. The lowest BCUT2D eigenvalue weighted by molar-refractivity contribution is 0.0864. The third kappa shape index (κ3) is 1.58. The van der Waals surface area contributed by atoms with Crippen molar-refractivity contribution in [3.8, 4) is 11.5 Å². The van der Waals surface area contributed by atoms with Gasteiger partial charge in [0.15, 0.2) is 5.78 Å². The Hall–Kier alpha value is -1.51. The molecule has 0 fully saturated rings. The second kappa shape index (κ2) is 3.57. The number of hydrogen-bond acceptors (Lipinski definition) is 3. The zero-order chi connectivity index (χ0) is 11.0. The molecule has 1 aliphatic heterocycles. The summed E-state index contributed by atoms with van der Waals surface area (Å²) < 4.78 is 10.8. The van der Waals surface area contributed by atoms with Crippen molar-refractivity contribution in [1.82, 2.24) is 0 Å². The largest absolute Gasteiger partial charge is 0.496 e. The van der Waals surface area contributed by atoms with Crippen molar-refractivity contribution in [2.24, 2.45) is 0 Å². The van der Waals surface area contributed by atoms with Gasteiger partial charge in [-0.3, -0.25) is 4.79 Å². The van der Waals surface area contributed by atoms with Gasteiger partial charge in [-0.1, -0.05) is 6.07 Å². The first-order valence-corrected chi connectivity index (χ1v) is 5.01. The van der Waals surface area contributed by atoms with Crippen molar-refractivity contribution in [2.45, 2.75) is 26.4 Å². The van der Waals surface area contributed by atoms with Crippen LogP contribution < -0.4 is 9.47 Å². The molecule has 0 bridgehead atoms. The van der Waals surface area contributed by atoms with Crippen molar-refractivity contribution in [1.29, 1.82) is 0 Å². The summed E-state index contributed by atoms with van der Waals surface area (Å²) in [5.41, 5.74) is 1.57. The van der Waals surface area contributed by atoms with Gasteiger partial charge in [0.05, 0.1) is 7.11 Å². The van der Waals surface area contributed by atoms with E-state index in [1.54, 1.807) is 7.11 Å². The van der Waals surface area contributed by atoms with Gasteiger partial charge in [0, 0.05) is 6.42 Å². The van der Waals surface area contributed by atoms with E-state index >= 15 is 0 Å². The molecule has 0 aliphatic carbocycles. The number of methoxy groups -OCH3 is 1. The second-order valence-corrected chi connectivity index (χ2v) is 3.84.